The number of H-pyrrole nitrogens is 2. The number of nitrogens with one attached hydrogen (secondary N) is 3. The number of benzene rings is 4. The number of rotatable bonds is 11. The predicted molar refractivity (Wildman–Crippen MR) is 238 cm³/mol. The number of hydrogen-bond acceptors (Lipinski definition) is 8. The number of carbonyl (C=O) groups is 3. The smallest absolute Gasteiger partial charge is 0.407 e. The van der Waals surface area contributed by atoms with Crippen molar-refractivity contribution in [2.75, 3.05) is 46.5 Å². The normalized spacial score (nSPS) is 19.2. The summed E-state index contributed by atoms with van der Waals surface area (Å²) in [6, 6.07) is 30.2. The lowest BCUT2D eigenvalue weighted by molar-refractivity contribution is -0.140. The van der Waals surface area contributed by atoms with Crippen LogP contribution in [-0.2, 0) is 19.1 Å². The number of imidazole rings is 2. The number of methoxy groups -OCH3 is 1. The zero-order valence-corrected chi connectivity index (χ0v) is 35.6. The van der Waals surface area contributed by atoms with Gasteiger partial charge in [-0.15, -0.1) is 0 Å². The average molecular weight is 835 g/mol. The van der Waals surface area contributed by atoms with Crippen molar-refractivity contribution in [3.63, 3.8) is 0 Å². The molecule has 3 N–H and O–H groups in total. The lowest BCUT2D eigenvalue weighted by atomic mass is 9.98. The highest BCUT2D eigenvalue weighted by atomic mass is 16.5. The summed E-state index contributed by atoms with van der Waals surface area (Å²) in [6.45, 7) is 7.84. The van der Waals surface area contributed by atoms with Crippen molar-refractivity contribution < 1.29 is 23.9 Å². The number of morpholine rings is 1. The number of aromatic nitrogens is 4. The second kappa shape index (κ2) is 18.0. The molecule has 4 aromatic carbocycles. The minimum absolute atomic E-state index is 0.0985. The van der Waals surface area contributed by atoms with E-state index in [0.717, 1.165) is 100 Å². The fraction of sp³-hybridized carbons (Fsp3) is 0.367. The summed E-state index contributed by atoms with van der Waals surface area (Å²) in [5.74, 6) is 1.46. The van der Waals surface area contributed by atoms with Crippen LogP contribution in [-0.4, -0.2) is 105 Å². The van der Waals surface area contributed by atoms with Gasteiger partial charge in [0, 0.05) is 31.7 Å². The quantitative estimate of drug-likeness (QED) is 0.119. The summed E-state index contributed by atoms with van der Waals surface area (Å²) in [5.41, 5.74) is 7.08. The lowest BCUT2D eigenvalue weighted by Gasteiger charge is -2.37. The first-order valence-corrected chi connectivity index (χ1v) is 21.8. The number of nitrogens with zero attached hydrogens (tertiary/aromatic N) is 5. The molecule has 3 unspecified atom stereocenters. The Morgan fingerprint density at radius 3 is 1.85 bits per heavy atom. The first kappa shape index (κ1) is 41.1. The van der Waals surface area contributed by atoms with Crippen molar-refractivity contribution in [3.05, 3.63) is 121 Å². The second-order valence-corrected chi connectivity index (χ2v) is 16.9. The lowest BCUT2D eigenvalue weighted by Crippen LogP contribution is -2.51. The summed E-state index contributed by atoms with van der Waals surface area (Å²) < 4.78 is 10.4. The van der Waals surface area contributed by atoms with E-state index in [-0.39, 0.29) is 35.9 Å². The number of fused-ring (bicyclic) bond motifs is 1. The SMILES string of the molecule is COC(=O)N[C@H](C(=O)N1CCCC1c1ncc(-c2ccc(-c3ccc4cc(-c5cnc(C6CCCN6C(=O)C(c6ccccc6)N6CCOCC6)[nH]5)ccc4c3)cc2)[nH]1)C(C)C. The highest BCUT2D eigenvalue weighted by Gasteiger charge is 2.40. The zero-order chi connectivity index (χ0) is 42.7. The largest absolute Gasteiger partial charge is 0.453 e. The van der Waals surface area contributed by atoms with Crippen LogP contribution >= 0.6 is 0 Å². The summed E-state index contributed by atoms with van der Waals surface area (Å²) >= 11 is 0. The average Bonchev–Trinajstić information content (AvgIpc) is 4.16. The maximum atomic E-state index is 14.4. The molecule has 13 heteroatoms. The van der Waals surface area contributed by atoms with Gasteiger partial charge in [-0.1, -0.05) is 92.7 Å². The van der Waals surface area contributed by atoms with Crippen LogP contribution in [0.25, 0.3) is 44.4 Å². The predicted octanol–water partition coefficient (Wildman–Crippen LogP) is 8.07. The molecule has 4 atom stereocenters. The Morgan fingerprint density at radius 1 is 0.694 bits per heavy atom. The zero-order valence-electron chi connectivity index (χ0n) is 35.6. The van der Waals surface area contributed by atoms with Crippen molar-refractivity contribution in [1.29, 1.82) is 0 Å². The van der Waals surface area contributed by atoms with E-state index in [1.165, 1.54) is 7.11 Å². The molecule has 62 heavy (non-hydrogen) atoms. The standard InChI is InChI=1S/C49H54N8O5/c1-31(2)43(54-49(60)61-3)47(58)56-21-7-11-41(56)45-50-29-39(52-45)33-15-13-32(14-16-33)35-17-18-37-28-38(20-19-36(37)27-35)40-30-51-46(53-40)42-12-8-22-57(42)48(59)44(34-9-5-4-6-10-34)55-23-25-62-26-24-55/h4-6,9-10,13-20,27-31,41-44H,7-8,11-12,21-26H2,1-3H3,(H,50,52)(H,51,53)(H,54,60)/t41?,42?,43-,44?/m0/s1. The molecule has 3 amide bonds. The highest BCUT2D eigenvalue weighted by Crippen LogP contribution is 2.37. The van der Waals surface area contributed by atoms with Gasteiger partial charge in [0.15, 0.2) is 0 Å². The minimum atomic E-state index is -0.681. The molecule has 0 bridgehead atoms. The van der Waals surface area contributed by atoms with E-state index in [1.807, 2.05) is 54.2 Å². The molecular weight excluding hydrogens is 781 g/mol. The van der Waals surface area contributed by atoms with Crippen LogP contribution in [0.2, 0.25) is 0 Å². The number of alkyl carbamates (subject to hydrolysis) is 1. The van der Waals surface area contributed by atoms with Crippen LogP contribution in [0.5, 0.6) is 0 Å². The Balaban J connectivity index is 0.874. The Bertz CT molecular complexity index is 2530. The van der Waals surface area contributed by atoms with Crippen LogP contribution in [0.1, 0.15) is 74.9 Å². The summed E-state index contributed by atoms with van der Waals surface area (Å²) in [6.07, 6.45) is 6.55. The minimum Gasteiger partial charge on any atom is -0.453 e. The summed E-state index contributed by atoms with van der Waals surface area (Å²) in [5, 5.41) is 4.97. The molecule has 0 saturated carbocycles. The molecule has 9 rings (SSSR count). The molecule has 0 radical (unpaired) electrons. The number of ether oxygens (including phenoxy) is 2. The fourth-order valence-corrected chi connectivity index (χ4v) is 9.39. The van der Waals surface area contributed by atoms with E-state index >= 15 is 0 Å². The van der Waals surface area contributed by atoms with Crippen LogP contribution in [0, 0.1) is 5.92 Å². The van der Waals surface area contributed by atoms with Gasteiger partial charge in [0.05, 0.1) is 56.2 Å². The molecule has 2 aromatic heterocycles. The van der Waals surface area contributed by atoms with E-state index in [1.54, 1.807) is 0 Å². The number of carbonyl (C=O) groups excluding carboxylic acids is 3. The van der Waals surface area contributed by atoms with Gasteiger partial charge in [-0.3, -0.25) is 14.5 Å². The molecule has 0 spiro atoms. The summed E-state index contributed by atoms with van der Waals surface area (Å²) in [7, 11) is 1.30. The van der Waals surface area contributed by atoms with Gasteiger partial charge in [0.1, 0.15) is 23.7 Å². The maximum Gasteiger partial charge on any atom is 0.407 e. The van der Waals surface area contributed by atoms with E-state index in [0.29, 0.717) is 26.3 Å². The number of hydrogen-bond donors (Lipinski definition) is 3. The molecule has 5 heterocycles. The van der Waals surface area contributed by atoms with Gasteiger partial charge >= 0.3 is 6.09 Å². The first-order valence-electron chi connectivity index (χ1n) is 21.8. The van der Waals surface area contributed by atoms with E-state index in [9.17, 15) is 14.4 Å². The van der Waals surface area contributed by atoms with Crippen molar-refractivity contribution in [2.24, 2.45) is 5.92 Å². The van der Waals surface area contributed by atoms with Crippen LogP contribution in [0.4, 0.5) is 4.79 Å². The monoisotopic (exact) mass is 834 g/mol. The third-order valence-electron chi connectivity index (χ3n) is 12.7. The molecule has 3 aliphatic rings. The van der Waals surface area contributed by atoms with Crippen molar-refractivity contribution >= 4 is 28.7 Å². The van der Waals surface area contributed by atoms with Gasteiger partial charge in [-0.2, -0.15) is 0 Å². The number of aromatic amines is 2. The maximum absolute atomic E-state index is 14.4. The molecule has 3 saturated heterocycles. The first-order chi connectivity index (χ1) is 30.2. The van der Waals surface area contributed by atoms with Crippen LogP contribution < -0.4 is 5.32 Å². The number of likely N-dealkylation sites (tertiary alicyclic amines) is 2. The van der Waals surface area contributed by atoms with Crippen LogP contribution in [0.15, 0.2) is 103 Å². The van der Waals surface area contributed by atoms with Gasteiger partial charge < -0.3 is 34.6 Å². The van der Waals surface area contributed by atoms with Crippen molar-refractivity contribution in [1.82, 2.24) is 40.0 Å². The van der Waals surface area contributed by atoms with Gasteiger partial charge in [0.2, 0.25) is 11.8 Å². The van der Waals surface area contributed by atoms with Crippen molar-refractivity contribution in [3.8, 4) is 33.6 Å². The van der Waals surface area contributed by atoms with E-state index in [2.05, 4.69) is 93.0 Å². The van der Waals surface area contributed by atoms with Crippen LogP contribution in [0.3, 0.4) is 0 Å². The number of amides is 3. The Morgan fingerprint density at radius 2 is 1.24 bits per heavy atom. The van der Waals surface area contributed by atoms with Gasteiger partial charge in [0.25, 0.3) is 0 Å². The molecule has 320 valence electrons. The third kappa shape index (κ3) is 8.34. The highest BCUT2D eigenvalue weighted by molar-refractivity contribution is 5.91. The third-order valence-corrected chi connectivity index (χ3v) is 12.7. The van der Waals surface area contributed by atoms with Crippen molar-refractivity contribution in [2.45, 2.75) is 63.7 Å². The van der Waals surface area contributed by atoms with E-state index in [4.69, 9.17) is 19.4 Å². The Hall–Kier alpha value is -6.31. The molecule has 6 aromatic rings. The molecule has 3 fully saturated rings. The molecule has 3 aliphatic heterocycles. The van der Waals surface area contributed by atoms with Gasteiger partial charge in [-0.05, 0) is 76.8 Å². The second-order valence-electron chi connectivity index (χ2n) is 16.9. The van der Waals surface area contributed by atoms with Gasteiger partial charge in [-0.25, -0.2) is 14.8 Å². The Labute approximate surface area is 361 Å². The fourth-order valence-electron chi connectivity index (χ4n) is 9.39. The topological polar surface area (TPSA) is 149 Å². The molecule has 13 nitrogen and oxygen atoms in total. The summed E-state index contributed by atoms with van der Waals surface area (Å²) in [4.78, 5) is 62.7. The molecule has 0 aliphatic carbocycles. The van der Waals surface area contributed by atoms with E-state index < -0.39 is 12.1 Å². The molecular formula is C49H54N8O5. The Kier molecular flexibility index (Phi) is 11.9.